The number of Topliss-reactive ketones (excluding diaryl/α,β-unsaturated/α-hetero) is 2. The van der Waals surface area contributed by atoms with Gasteiger partial charge in [0, 0.05) is 24.7 Å². The molecule has 9 atom stereocenters. The van der Waals surface area contributed by atoms with Crippen LogP contribution >= 0.6 is 0 Å². The zero-order valence-corrected chi connectivity index (χ0v) is 22.2. The minimum atomic E-state index is -0.141. The lowest BCUT2D eigenvalue weighted by atomic mass is 9.30. The smallest absolute Gasteiger partial charge is 0.137 e. The standard InChI is InChI=1S/C30H48O2/c1-19-20(31)9-10-22-27(5)14-16-29(7)23-18-25(2,3)11-12-26(23,4)13-15-30(29,8)24(27)21(32)17-28(19,22)6/h19,22-24H,9-18H2,1-8H3/t19-,22+,23+,24-,26+,27-,28+,29-,30+/m0/s1. The average molecular weight is 441 g/mol. The van der Waals surface area contributed by atoms with Gasteiger partial charge in [0.05, 0.1) is 0 Å². The Balaban J connectivity index is 1.59. The third-order valence-electron chi connectivity index (χ3n) is 13.4. The minimum absolute atomic E-state index is 0.0258. The Labute approximate surface area is 197 Å². The van der Waals surface area contributed by atoms with Crippen LogP contribution in [0.3, 0.4) is 0 Å². The summed E-state index contributed by atoms with van der Waals surface area (Å²) in [6.07, 6.45) is 11.3. The molecule has 180 valence electrons. The monoisotopic (exact) mass is 440 g/mol. The van der Waals surface area contributed by atoms with Gasteiger partial charge in [-0.15, -0.1) is 0 Å². The molecule has 0 N–H and O–H groups in total. The molecule has 2 heteroatoms. The Bertz CT molecular complexity index is 857. The maximum atomic E-state index is 14.2. The molecule has 5 aliphatic carbocycles. The molecule has 0 aromatic rings. The van der Waals surface area contributed by atoms with Crippen molar-refractivity contribution >= 4 is 11.6 Å². The summed E-state index contributed by atoms with van der Waals surface area (Å²) in [6.45, 7) is 19.6. The molecule has 0 saturated heterocycles. The van der Waals surface area contributed by atoms with Crippen molar-refractivity contribution in [2.24, 2.45) is 56.2 Å². The fourth-order valence-corrected chi connectivity index (χ4v) is 11.0. The molecule has 0 aromatic carbocycles. The van der Waals surface area contributed by atoms with E-state index in [-0.39, 0.29) is 33.5 Å². The molecule has 0 amide bonds. The number of carbonyl (C=O) groups excluding carboxylic acids is 2. The minimum Gasteiger partial charge on any atom is -0.299 e. The first-order valence-electron chi connectivity index (χ1n) is 13.7. The Morgan fingerprint density at radius 1 is 0.688 bits per heavy atom. The fourth-order valence-electron chi connectivity index (χ4n) is 11.0. The Morgan fingerprint density at radius 3 is 2.00 bits per heavy atom. The van der Waals surface area contributed by atoms with E-state index >= 15 is 0 Å². The van der Waals surface area contributed by atoms with Crippen LogP contribution < -0.4 is 0 Å². The van der Waals surface area contributed by atoms with E-state index in [1.54, 1.807) is 0 Å². The van der Waals surface area contributed by atoms with Gasteiger partial charge < -0.3 is 0 Å². The summed E-state index contributed by atoms with van der Waals surface area (Å²) in [5, 5.41) is 0. The third-order valence-corrected chi connectivity index (χ3v) is 13.4. The average Bonchev–Trinajstić information content (AvgIpc) is 2.69. The summed E-state index contributed by atoms with van der Waals surface area (Å²) >= 11 is 0. The van der Waals surface area contributed by atoms with Crippen LogP contribution in [0.1, 0.15) is 120 Å². The predicted molar refractivity (Wildman–Crippen MR) is 130 cm³/mol. The van der Waals surface area contributed by atoms with Gasteiger partial charge in [-0.05, 0) is 95.7 Å². The van der Waals surface area contributed by atoms with Crippen LogP contribution in [0.4, 0.5) is 0 Å². The van der Waals surface area contributed by atoms with Gasteiger partial charge in [-0.2, -0.15) is 0 Å². The largest absolute Gasteiger partial charge is 0.299 e. The van der Waals surface area contributed by atoms with E-state index in [0.29, 0.717) is 34.7 Å². The fraction of sp³-hybridized carbons (Fsp3) is 0.933. The second-order valence-corrected chi connectivity index (χ2v) is 15.3. The molecule has 0 spiro atoms. The number of carbonyl (C=O) groups is 2. The first-order chi connectivity index (χ1) is 14.6. The lowest BCUT2D eigenvalue weighted by molar-refractivity contribution is -0.246. The summed E-state index contributed by atoms with van der Waals surface area (Å²) in [5.41, 5.74) is 1.08. The highest BCUT2D eigenvalue weighted by Crippen LogP contribution is 2.77. The van der Waals surface area contributed by atoms with Crippen LogP contribution in [0.25, 0.3) is 0 Å². The molecule has 0 heterocycles. The Morgan fingerprint density at radius 2 is 1.31 bits per heavy atom. The van der Waals surface area contributed by atoms with Crippen molar-refractivity contribution in [1.29, 1.82) is 0 Å². The molecule has 0 aromatic heterocycles. The second kappa shape index (κ2) is 6.51. The lowest BCUT2D eigenvalue weighted by Crippen LogP contribution is -2.70. The number of hydrogen-bond acceptors (Lipinski definition) is 2. The van der Waals surface area contributed by atoms with E-state index in [1.165, 1.54) is 44.9 Å². The SMILES string of the molecule is C[C@H]1C(=O)CC[C@H]2[C@]1(C)CC(=O)[C@H]1[C@@]2(C)CC[C@@]2(C)[C@@H]3CC(C)(C)CC[C@]3(C)CC[C@]12C. The van der Waals surface area contributed by atoms with Gasteiger partial charge in [0.15, 0.2) is 0 Å². The van der Waals surface area contributed by atoms with E-state index in [1.807, 2.05) is 0 Å². The summed E-state index contributed by atoms with van der Waals surface area (Å²) in [6, 6.07) is 0. The van der Waals surface area contributed by atoms with Crippen molar-refractivity contribution in [3.8, 4) is 0 Å². The van der Waals surface area contributed by atoms with Gasteiger partial charge in [-0.3, -0.25) is 9.59 Å². The van der Waals surface area contributed by atoms with Gasteiger partial charge in [0.25, 0.3) is 0 Å². The lowest BCUT2D eigenvalue weighted by Gasteiger charge is -2.74. The van der Waals surface area contributed by atoms with Crippen molar-refractivity contribution in [1.82, 2.24) is 0 Å². The van der Waals surface area contributed by atoms with E-state index < -0.39 is 0 Å². The number of fused-ring (bicyclic) bond motifs is 7. The highest BCUT2D eigenvalue weighted by atomic mass is 16.1. The summed E-state index contributed by atoms with van der Waals surface area (Å²) < 4.78 is 0. The first kappa shape index (κ1) is 23.1. The van der Waals surface area contributed by atoms with E-state index in [2.05, 4.69) is 55.4 Å². The highest BCUT2D eigenvalue weighted by Gasteiger charge is 2.72. The second-order valence-electron chi connectivity index (χ2n) is 15.3. The summed E-state index contributed by atoms with van der Waals surface area (Å²) in [7, 11) is 0. The Hall–Kier alpha value is -0.660. The molecule has 32 heavy (non-hydrogen) atoms. The molecule has 0 radical (unpaired) electrons. The van der Waals surface area contributed by atoms with Crippen molar-refractivity contribution in [2.75, 3.05) is 0 Å². The maximum Gasteiger partial charge on any atom is 0.137 e. The van der Waals surface area contributed by atoms with Gasteiger partial charge >= 0.3 is 0 Å². The number of rotatable bonds is 0. The highest BCUT2D eigenvalue weighted by molar-refractivity contribution is 5.88. The zero-order valence-electron chi connectivity index (χ0n) is 22.2. The van der Waals surface area contributed by atoms with Crippen LogP contribution in [-0.4, -0.2) is 11.6 Å². The van der Waals surface area contributed by atoms with Crippen LogP contribution in [-0.2, 0) is 9.59 Å². The van der Waals surface area contributed by atoms with E-state index in [4.69, 9.17) is 0 Å². The Kier molecular flexibility index (Phi) is 4.70. The quantitative estimate of drug-likeness (QED) is 0.388. The number of hydrogen-bond donors (Lipinski definition) is 0. The maximum absolute atomic E-state index is 14.2. The molecule has 5 saturated carbocycles. The molecule has 0 unspecified atom stereocenters. The topological polar surface area (TPSA) is 34.1 Å². The predicted octanol–water partition coefficient (Wildman–Crippen LogP) is 7.64. The molecular weight excluding hydrogens is 392 g/mol. The van der Waals surface area contributed by atoms with Crippen molar-refractivity contribution in [3.05, 3.63) is 0 Å². The van der Waals surface area contributed by atoms with Gasteiger partial charge in [-0.1, -0.05) is 55.4 Å². The first-order valence-corrected chi connectivity index (χ1v) is 13.7. The summed E-state index contributed by atoms with van der Waals surface area (Å²) in [5.74, 6) is 2.31. The molecule has 5 fully saturated rings. The van der Waals surface area contributed by atoms with Gasteiger partial charge in [-0.25, -0.2) is 0 Å². The van der Waals surface area contributed by atoms with E-state index in [0.717, 1.165) is 18.8 Å². The molecule has 5 rings (SSSR count). The van der Waals surface area contributed by atoms with Gasteiger partial charge in [0.2, 0.25) is 0 Å². The van der Waals surface area contributed by atoms with Crippen molar-refractivity contribution < 1.29 is 9.59 Å². The molecule has 0 bridgehead atoms. The van der Waals surface area contributed by atoms with Crippen molar-refractivity contribution in [2.45, 2.75) is 120 Å². The van der Waals surface area contributed by atoms with Crippen LogP contribution in [0, 0.1) is 56.2 Å². The third kappa shape index (κ3) is 2.65. The zero-order chi connectivity index (χ0) is 23.5. The normalized spacial score (nSPS) is 57.1. The van der Waals surface area contributed by atoms with Crippen LogP contribution in [0.15, 0.2) is 0 Å². The molecule has 5 aliphatic rings. The van der Waals surface area contributed by atoms with Crippen LogP contribution in [0.5, 0.6) is 0 Å². The number of ketones is 2. The molecule has 0 aliphatic heterocycles. The molecule has 2 nitrogen and oxygen atoms in total. The van der Waals surface area contributed by atoms with Gasteiger partial charge in [0.1, 0.15) is 11.6 Å². The molecular formula is C30H48O2. The summed E-state index contributed by atoms with van der Waals surface area (Å²) in [4.78, 5) is 26.9. The van der Waals surface area contributed by atoms with E-state index in [9.17, 15) is 9.59 Å². The van der Waals surface area contributed by atoms with Crippen molar-refractivity contribution in [3.63, 3.8) is 0 Å². The van der Waals surface area contributed by atoms with Crippen LogP contribution in [0.2, 0.25) is 0 Å².